The molecule has 1 aromatic carbocycles. The number of nitrogens with two attached hydrogens (primary N) is 1. The predicted molar refractivity (Wildman–Crippen MR) is 72.4 cm³/mol. The van der Waals surface area contributed by atoms with Crippen molar-refractivity contribution in [3.05, 3.63) is 18.2 Å². The first-order chi connectivity index (χ1) is 8.93. The Hall–Kier alpha value is -1.56. The highest BCUT2D eigenvalue weighted by molar-refractivity contribution is 7.91. The van der Waals surface area contributed by atoms with E-state index in [9.17, 15) is 13.2 Å². The Balaban J connectivity index is 2.16. The first-order valence-electron chi connectivity index (χ1n) is 6.37. The van der Waals surface area contributed by atoms with Gasteiger partial charge in [-0.3, -0.25) is 4.79 Å². The Morgan fingerprint density at radius 2 is 1.89 bits per heavy atom. The average Bonchev–Trinajstić information content (AvgIpc) is 2.77. The third-order valence-electron chi connectivity index (χ3n) is 4.10. The van der Waals surface area contributed by atoms with Crippen LogP contribution in [0.5, 0.6) is 0 Å². The maximum atomic E-state index is 12.5. The molecule has 3 N–H and O–H groups in total. The van der Waals surface area contributed by atoms with Crippen molar-refractivity contribution < 1.29 is 13.2 Å². The van der Waals surface area contributed by atoms with Crippen LogP contribution in [-0.4, -0.2) is 20.1 Å². The minimum absolute atomic E-state index is 0.109. The molecule has 0 atom stereocenters. The molecule has 2 aliphatic rings. The molecule has 3 rings (SSSR count). The number of benzene rings is 1. The maximum absolute atomic E-state index is 12.5. The van der Waals surface area contributed by atoms with E-state index in [1.165, 1.54) is 6.07 Å². The molecule has 1 spiro atoms. The smallest absolute Gasteiger partial charge is 0.231 e. The lowest BCUT2D eigenvalue weighted by atomic mass is 9.87. The molecule has 19 heavy (non-hydrogen) atoms. The van der Waals surface area contributed by atoms with E-state index in [1.54, 1.807) is 12.1 Å². The van der Waals surface area contributed by atoms with E-state index in [0.29, 0.717) is 24.2 Å². The Kier molecular flexibility index (Phi) is 2.60. The Bertz CT molecular complexity index is 646. The molecular formula is C13H16N2O3S. The summed E-state index contributed by atoms with van der Waals surface area (Å²) < 4.78 is 25.0. The van der Waals surface area contributed by atoms with Gasteiger partial charge >= 0.3 is 0 Å². The number of rotatable bonds is 0. The molecule has 1 amide bonds. The van der Waals surface area contributed by atoms with Gasteiger partial charge in [-0.05, 0) is 31.0 Å². The minimum atomic E-state index is -3.49. The zero-order chi connectivity index (χ0) is 13.7. The summed E-state index contributed by atoms with van der Waals surface area (Å²) >= 11 is 0. The lowest BCUT2D eigenvalue weighted by Crippen LogP contribution is -2.37. The van der Waals surface area contributed by atoms with Crippen LogP contribution < -0.4 is 11.1 Å². The first kappa shape index (κ1) is 12.5. The molecule has 1 heterocycles. The molecule has 1 fully saturated rings. The fraction of sp³-hybridized carbons (Fsp3) is 0.462. The lowest BCUT2D eigenvalue weighted by Gasteiger charge is -2.23. The molecule has 0 saturated heterocycles. The van der Waals surface area contributed by atoms with Gasteiger partial charge in [0.1, 0.15) is 0 Å². The van der Waals surface area contributed by atoms with Crippen molar-refractivity contribution in [2.24, 2.45) is 5.41 Å². The van der Waals surface area contributed by atoms with Crippen molar-refractivity contribution >= 4 is 27.1 Å². The van der Waals surface area contributed by atoms with Crippen molar-refractivity contribution in [2.45, 2.75) is 30.6 Å². The van der Waals surface area contributed by atoms with Crippen LogP contribution in [-0.2, 0) is 14.6 Å². The molecule has 0 bridgehead atoms. The van der Waals surface area contributed by atoms with E-state index in [2.05, 4.69) is 5.32 Å². The van der Waals surface area contributed by atoms with E-state index in [4.69, 9.17) is 5.73 Å². The van der Waals surface area contributed by atoms with E-state index >= 15 is 0 Å². The highest BCUT2D eigenvalue weighted by Crippen LogP contribution is 2.44. The zero-order valence-corrected chi connectivity index (χ0v) is 11.3. The first-order valence-corrected chi connectivity index (χ1v) is 8.02. The number of hydrogen-bond acceptors (Lipinski definition) is 4. The van der Waals surface area contributed by atoms with Gasteiger partial charge in [0, 0.05) is 5.69 Å². The van der Waals surface area contributed by atoms with Gasteiger partial charge in [-0.15, -0.1) is 0 Å². The highest BCUT2D eigenvalue weighted by atomic mass is 32.2. The summed E-state index contributed by atoms with van der Waals surface area (Å²) in [6.45, 7) is 0. The number of carbonyl (C=O) groups is 1. The number of sulfone groups is 1. The third kappa shape index (κ3) is 1.90. The summed E-state index contributed by atoms with van der Waals surface area (Å²) in [5, 5.41) is 2.76. The second-order valence-corrected chi connectivity index (χ2v) is 7.41. The number of amides is 1. The summed E-state index contributed by atoms with van der Waals surface area (Å²) in [4.78, 5) is 12.5. The van der Waals surface area contributed by atoms with Gasteiger partial charge in [0.2, 0.25) is 5.91 Å². The average molecular weight is 280 g/mol. The normalized spacial score (nSPS) is 23.7. The van der Waals surface area contributed by atoms with Gasteiger partial charge in [0.15, 0.2) is 9.84 Å². The number of carbonyl (C=O) groups excluding carboxylic acids is 1. The maximum Gasteiger partial charge on any atom is 0.231 e. The summed E-state index contributed by atoms with van der Waals surface area (Å²) in [5.41, 5.74) is 5.64. The number of nitrogens with one attached hydrogen (secondary N) is 1. The fourth-order valence-electron chi connectivity index (χ4n) is 3.08. The van der Waals surface area contributed by atoms with Gasteiger partial charge < -0.3 is 11.1 Å². The Morgan fingerprint density at radius 3 is 2.58 bits per heavy atom. The van der Waals surface area contributed by atoms with Gasteiger partial charge in [-0.2, -0.15) is 0 Å². The summed E-state index contributed by atoms with van der Waals surface area (Å²) in [6.07, 6.45) is 3.09. The van der Waals surface area contributed by atoms with Gasteiger partial charge in [-0.1, -0.05) is 12.8 Å². The largest absolute Gasteiger partial charge is 0.399 e. The summed E-state index contributed by atoms with van der Waals surface area (Å²) in [6, 6.07) is 4.59. The fourth-order valence-corrected chi connectivity index (χ4v) is 5.16. The van der Waals surface area contributed by atoms with Gasteiger partial charge in [0.25, 0.3) is 0 Å². The number of hydrogen-bond donors (Lipinski definition) is 2. The monoisotopic (exact) mass is 280 g/mol. The molecule has 1 aromatic rings. The van der Waals surface area contributed by atoms with Crippen molar-refractivity contribution in [3.63, 3.8) is 0 Å². The molecule has 0 unspecified atom stereocenters. The lowest BCUT2D eigenvalue weighted by molar-refractivity contribution is -0.124. The second-order valence-electron chi connectivity index (χ2n) is 5.46. The van der Waals surface area contributed by atoms with Gasteiger partial charge in [0.05, 0.1) is 21.8 Å². The number of anilines is 2. The Labute approximate surface area is 112 Å². The van der Waals surface area contributed by atoms with Crippen molar-refractivity contribution in [1.82, 2.24) is 0 Å². The molecule has 1 aliphatic heterocycles. The van der Waals surface area contributed by atoms with Crippen molar-refractivity contribution in [3.8, 4) is 0 Å². The molecule has 1 saturated carbocycles. The van der Waals surface area contributed by atoms with Gasteiger partial charge in [-0.25, -0.2) is 8.42 Å². The van der Waals surface area contributed by atoms with Crippen LogP contribution in [0.15, 0.2) is 23.1 Å². The zero-order valence-electron chi connectivity index (χ0n) is 10.5. The van der Waals surface area contributed by atoms with E-state index < -0.39 is 15.3 Å². The summed E-state index contributed by atoms with van der Waals surface area (Å²) in [5.74, 6) is -0.278. The molecule has 1 aliphatic carbocycles. The van der Waals surface area contributed by atoms with Crippen LogP contribution in [0.3, 0.4) is 0 Å². The van der Waals surface area contributed by atoms with Crippen LogP contribution in [0, 0.1) is 5.41 Å². The van der Waals surface area contributed by atoms with Crippen LogP contribution in [0.1, 0.15) is 25.7 Å². The van der Waals surface area contributed by atoms with Crippen molar-refractivity contribution in [1.29, 1.82) is 0 Å². The number of fused-ring (bicyclic) bond motifs is 1. The quantitative estimate of drug-likeness (QED) is 0.706. The molecule has 102 valence electrons. The second kappa shape index (κ2) is 3.96. The van der Waals surface area contributed by atoms with Crippen LogP contribution in [0.4, 0.5) is 11.4 Å². The summed E-state index contributed by atoms with van der Waals surface area (Å²) in [7, 11) is -3.49. The van der Waals surface area contributed by atoms with E-state index in [-0.39, 0.29) is 16.6 Å². The minimum Gasteiger partial charge on any atom is -0.399 e. The predicted octanol–water partition coefficient (Wildman–Crippen LogP) is 1.56. The molecule has 0 radical (unpaired) electrons. The molecule has 5 nitrogen and oxygen atoms in total. The topological polar surface area (TPSA) is 89.3 Å². The van der Waals surface area contributed by atoms with Crippen molar-refractivity contribution in [2.75, 3.05) is 16.8 Å². The van der Waals surface area contributed by atoms with E-state index in [0.717, 1.165) is 12.8 Å². The molecule has 6 heteroatoms. The van der Waals surface area contributed by atoms with Crippen LogP contribution >= 0.6 is 0 Å². The SMILES string of the molecule is Nc1ccc2c(c1)S(=O)(=O)CC1(CCCC1)C(=O)N2. The molecule has 0 aromatic heterocycles. The van der Waals surface area contributed by atoms with Crippen LogP contribution in [0.2, 0.25) is 0 Å². The molecular weight excluding hydrogens is 264 g/mol. The van der Waals surface area contributed by atoms with E-state index in [1.807, 2.05) is 0 Å². The standard InChI is InChI=1S/C13H16N2O3S/c14-9-3-4-10-11(7-9)19(17,18)8-13(12(16)15-10)5-1-2-6-13/h3-4,7H,1-2,5-6,8,14H2,(H,15,16). The highest BCUT2D eigenvalue weighted by Gasteiger charge is 2.47. The Morgan fingerprint density at radius 1 is 1.21 bits per heavy atom. The third-order valence-corrected chi connectivity index (χ3v) is 6.04. The van der Waals surface area contributed by atoms with Crippen LogP contribution in [0.25, 0.3) is 0 Å². The number of nitrogen functional groups attached to an aromatic ring is 1.